The van der Waals surface area contributed by atoms with E-state index < -0.39 is 6.10 Å². The molecule has 3 N–H and O–H groups in total. The van der Waals surface area contributed by atoms with Gasteiger partial charge in [0.1, 0.15) is 11.6 Å². The zero-order valence-corrected chi connectivity index (χ0v) is 9.61. The van der Waals surface area contributed by atoms with Crippen molar-refractivity contribution in [2.24, 2.45) is 5.73 Å². The number of hydrogen-bond donors (Lipinski definition) is 2. The summed E-state index contributed by atoms with van der Waals surface area (Å²) in [6, 6.07) is 4.00. The second-order valence-corrected chi connectivity index (χ2v) is 3.96. The lowest BCUT2D eigenvalue weighted by atomic mass is 10.1. The van der Waals surface area contributed by atoms with Gasteiger partial charge in [0.2, 0.25) is 0 Å². The SMILES string of the molecule is CC(O)CCOc1ccc(F)cc1[C@H](C)N. The van der Waals surface area contributed by atoms with Gasteiger partial charge in [0.05, 0.1) is 12.7 Å². The van der Waals surface area contributed by atoms with E-state index in [0.717, 1.165) is 0 Å². The third-order valence-electron chi connectivity index (χ3n) is 2.26. The largest absolute Gasteiger partial charge is 0.493 e. The van der Waals surface area contributed by atoms with Gasteiger partial charge in [-0.3, -0.25) is 0 Å². The van der Waals surface area contributed by atoms with Crippen LogP contribution in [0.3, 0.4) is 0 Å². The fourth-order valence-corrected chi connectivity index (χ4v) is 1.35. The maximum Gasteiger partial charge on any atom is 0.124 e. The van der Waals surface area contributed by atoms with Gasteiger partial charge in [-0.15, -0.1) is 0 Å². The minimum atomic E-state index is -0.404. The number of benzene rings is 1. The van der Waals surface area contributed by atoms with E-state index >= 15 is 0 Å². The van der Waals surface area contributed by atoms with Crippen molar-refractivity contribution in [3.63, 3.8) is 0 Å². The van der Waals surface area contributed by atoms with E-state index in [1.165, 1.54) is 12.1 Å². The number of rotatable bonds is 5. The van der Waals surface area contributed by atoms with E-state index in [1.54, 1.807) is 19.9 Å². The summed E-state index contributed by atoms with van der Waals surface area (Å²) >= 11 is 0. The van der Waals surface area contributed by atoms with Crippen molar-refractivity contribution in [2.75, 3.05) is 6.61 Å². The van der Waals surface area contributed by atoms with Crippen LogP contribution >= 0.6 is 0 Å². The van der Waals surface area contributed by atoms with Crippen LogP contribution < -0.4 is 10.5 Å². The minimum absolute atomic E-state index is 0.280. The Labute approximate surface area is 95.0 Å². The lowest BCUT2D eigenvalue weighted by molar-refractivity contribution is 0.155. The summed E-state index contributed by atoms with van der Waals surface area (Å²) in [5, 5.41) is 9.09. The van der Waals surface area contributed by atoms with Gasteiger partial charge in [0.15, 0.2) is 0 Å². The molecular formula is C12H18FNO2. The van der Waals surface area contributed by atoms with E-state index in [1.807, 2.05) is 0 Å². The van der Waals surface area contributed by atoms with Crippen molar-refractivity contribution in [2.45, 2.75) is 32.4 Å². The number of ether oxygens (including phenoxy) is 1. The first-order valence-electron chi connectivity index (χ1n) is 5.36. The van der Waals surface area contributed by atoms with Crippen LogP contribution in [0.25, 0.3) is 0 Å². The van der Waals surface area contributed by atoms with Gasteiger partial charge in [-0.05, 0) is 32.0 Å². The zero-order chi connectivity index (χ0) is 12.1. The summed E-state index contributed by atoms with van der Waals surface area (Å²) in [5.41, 5.74) is 6.36. The molecule has 0 aliphatic heterocycles. The number of halogens is 1. The Morgan fingerprint density at radius 2 is 2.12 bits per heavy atom. The van der Waals surface area contributed by atoms with Crippen molar-refractivity contribution in [3.05, 3.63) is 29.6 Å². The van der Waals surface area contributed by atoms with Gasteiger partial charge in [0, 0.05) is 18.0 Å². The highest BCUT2D eigenvalue weighted by atomic mass is 19.1. The van der Waals surface area contributed by atoms with Crippen LogP contribution in [-0.4, -0.2) is 17.8 Å². The molecule has 1 aromatic carbocycles. The summed E-state index contributed by atoms with van der Waals surface area (Å²) in [6.45, 7) is 3.86. The molecule has 1 aromatic rings. The summed E-state index contributed by atoms with van der Waals surface area (Å²) in [6.07, 6.45) is 0.134. The van der Waals surface area contributed by atoms with Crippen LogP contribution in [0.1, 0.15) is 31.9 Å². The van der Waals surface area contributed by atoms with Crippen molar-refractivity contribution in [1.29, 1.82) is 0 Å². The Kier molecular flexibility index (Phi) is 4.71. The Balaban J connectivity index is 2.71. The molecule has 0 aliphatic rings. The van der Waals surface area contributed by atoms with Gasteiger partial charge in [0.25, 0.3) is 0 Å². The average molecular weight is 227 g/mol. The zero-order valence-electron chi connectivity index (χ0n) is 9.61. The fourth-order valence-electron chi connectivity index (χ4n) is 1.35. The van der Waals surface area contributed by atoms with Crippen molar-refractivity contribution in [3.8, 4) is 5.75 Å². The van der Waals surface area contributed by atoms with Crippen LogP contribution in [0.5, 0.6) is 5.75 Å². The monoisotopic (exact) mass is 227 g/mol. The smallest absolute Gasteiger partial charge is 0.124 e. The molecule has 90 valence electrons. The highest BCUT2D eigenvalue weighted by molar-refractivity contribution is 5.36. The lowest BCUT2D eigenvalue weighted by Gasteiger charge is -2.14. The second-order valence-electron chi connectivity index (χ2n) is 3.96. The molecule has 1 unspecified atom stereocenters. The van der Waals surface area contributed by atoms with Crippen LogP contribution in [-0.2, 0) is 0 Å². The lowest BCUT2D eigenvalue weighted by Crippen LogP contribution is -2.11. The van der Waals surface area contributed by atoms with Gasteiger partial charge >= 0.3 is 0 Å². The van der Waals surface area contributed by atoms with E-state index in [0.29, 0.717) is 24.3 Å². The number of aliphatic hydroxyl groups excluding tert-OH is 1. The van der Waals surface area contributed by atoms with Crippen molar-refractivity contribution >= 4 is 0 Å². The molecule has 0 heterocycles. The van der Waals surface area contributed by atoms with Crippen LogP contribution in [0.2, 0.25) is 0 Å². The van der Waals surface area contributed by atoms with Gasteiger partial charge < -0.3 is 15.6 Å². The number of aliphatic hydroxyl groups is 1. The predicted octanol–water partition coefficient (Wildman–Crippen LogP) is 2.00. The average Bonchev–Trinajstić information content (AvgIpc) is 2.19. The molecule has 3 nitrogen and oxygen atoms in total. The predicted molar refractivity (Wildman–Crippen MR) is 60.8 cm³/mol. The van der Waals surface area contributed by atoms with Crippen molar-refractivity contribution < 1.29 is 14.2 Å². The van der Waals surface area contributed by atoms with Gasteiger partial charge in [-0.25, -0.2) is 4.39 Å². The molecule has 0 spiro atoms. The van der Waals surface area contributed by atoms with E-state index in [9.17, 15) is 4.39 Å². The summed E-state index contributed by atoms with van der Waals surface area (Å²) < 4.78 is 18.5. The van der Waals surface area contributed by atoms with Crippen molar-refractivity contribution in [1.82, 2.24) is 0 Å². The fraction of sp³-hybridized carbons (Fsp3) is 0.500. The Morgan fingerprint density at radius 3 is 2.69 bits per heavy atom. The highest BCUT2D eigenvalue weighted by Crippen LogP contribution is 2.24. The van der Waals surface area contributed by atoms with E-state index in [4.69, 9.17) is 15.6 Å². The molecule has 16 heavy (non-hydrogen) atoms. The maximum absolute atomic E-state index is 13.0. The molecule has 0 saturated carbocycles. The van der Waals surface area contributed by atoms with Gasteiger partial charge in [-0.2, -0.15) is 0 Å². The Morgan fingerprint density at radius 1 is 1.44 bits per heavy atom. The molecular weight excluding hydrogens is 209 g/mol. The van der Waals surface area contributed by atoms with Crippen LogP contribution in [0.15, 0.2) is 18.2 Å². The molecule has 1 rings (SSSR count). The first kappa shape index (κ1) is 12.9. The molecule has 0 bridgehead atoms. The first-order valence-corrected chi connectivity index (χ1v) is 5.36. The molecule has 0 amide bonds. The first-order chi connectivity index (χ1) is 7.50. The molecule has 4 heteroatoms. The molecule has 0 aliphatic carbocycles. The summed E-state index contributed by atoms with van der Waals surface area (Å²) in [5.74, 6) is 0.257. The Hall–Kier alpha value is -1.13. The topological polar surface area (TPSA) is 55.5 Å². The maximum atomic E-state index is 13.0. The molecule has 0 fully saturated rings. The standard InChI is InChI=1S/C12H18FNO2/c1-8(15)5-6-16-12-4-3-10(13)7-11(12)9(2)14/h3-4,7-9,15H,5-6,14H2,1-2H3/t8?,9-/m0/s1. The Bertz CT molecular complexity index is 340. The quantitative estimate of drug-likeness (QED) is 0.808. The molecule has 0 radical (unpaired) electrons. The van der Waals surface area contributed by atoms with E-state index in [-0.39, 0.29) is 11.9 Å². The summed E-state index contributed by atoms with van der Waals surface area (Å²) in [4.78, 5) is 0. The number of hydrogen-bond acceptors (Lipinski definition) is 3. The number of nitrogens with two attached hydrogens (primary N) is 1. The van der Waals surface area contributed by atoms with Crippen LogP contribution in [0, 0.1) is 5.82 Å². The van der Waals surface area contributed by atoms with E-state index in [2.05, 4.69) is 0 Å². The third-order valence-corrected chi connectivity index (χ3v) is 2.26. The molecule has 0 saturated heterocycles. The van der Waals surface area contributed by atoms with Gasteiger partial charge in [-0.1, -0.05) is 0 Å². The summed E-state index contributed by atoms with van der Waals surface area (Å²) in [7, 11) is 0. The van der Waals surface area contributed by atoms with Crippen LogP contribution in [0.4, 0.5) is 4.39 Å². The third kappa shape index (κ3) is 3.79. The second kappa shape index (κ2) is 5.82. The minimum Gasteiger partial charge on any atom is -0.493 e. The molecule has 2 atom stereocenters. The molecule has 0 aromatic heterocycles. The highest BCUT2D eigenvalue weighted by Gasteiger charge is 2.09. The normalized spacial score (nSPS) is 14.6.